The molecule has 0 unspecified atom stereocenters. The summed E-state index contributed by atoms with van der Waals surface area (Å²) in [4.78, 5) is 16.4. The Hall–Kier alpha value is -3.65. The van der Waals surface area contributed by atoms with Gasteiger partial charge in [-0.3, -0.25) is 4.79 Å². The van der Waals surface area contributed by atoms with Gasteiger partial charge in [0.1, 0.15) is 5.82 Å². The SMILES string of the molecule is Cc1ccc(C(=O)Nc2ccc(Nc3ccc(C#N)cc3)cn2)cc1. The molecule has 3 aromatic rings. The summed E-state index contributed by atoms with van der Waals surface area (Å²) < 4.78 is 0. The van der Waals surface area contributed by atoms with E-state index in [2.05, 4.69) is 21.7 Å². The molecular weight excluding hydrogens is 312 g/mol. The topological polar surface area (TPSA) is 77.8 Å². The minimum absolute atomic E-state index is 0.194. The van der Waals surface area contributed by atoms with E-state index in [0.717, 1.165) is 16.9 Å². The van der Waals surface area contributed by atoms with Crippen molar-refractivity contribution >= 4 is 23.1 Å². The van der Waals surface area contributed by atoms with Crippen molar-refractivity contribution in [1.29, 1.82) is 5.26 Å². The Bertz CT molecular complexity index is 908. The van der Waals surface area contributed by atoms with Crippen molar-refractivity contribution in [2.24, 2.45) is 0 Å². The van der Waals surface area contributed by atoms with Gasteiger partial charge in [0.05, 0.1) is 23.5 Å². The Labute approximate surface area is 146 Å². The van der Waals surface area contributed by atoms with Gasteiger partial charge in [0, 0.05) is 11.3 Å². The first-order valence-corrected chi connectivity index (χ1v) is 7.75. The average molecular weight is 328 g/mol. The molecule has 5 heteroatoms. The summed E-state index contributed by atoms with van der Waals surface area (Å²) in [6.45, 7) is 1.98. The van der Waals surface area contributed by atoms with Crippen LogP contribution < -0.4 is 10.6 Å². The largest absolute Gasteiger partial charge is 0.354 e. The minimum Gasteiger partial charge on any atom is -0.354 e. The fourth-order valence-corrected chi connectivity index (χ4v) is 2.23. The van der Waals surface area contributed by atoms with E-state index in [9.17, 15) is 4.79 Å². The molecule has 0 aliphatic carbocycles. The first-order chi connectivity index (χ1) is 12.1. The summed E-state index contributed by atoms with van der Waals surface area (Å²) in [5.74, 6) is 0.288. The van der Waals surface area contributed by atoms with E-state index in [1.165, 1.54) is 0 Å². The highest BCUT2D eigenvalue weighted by molar-refractivity contribution is 6.03. The third-order valence-corrected chi connectivity index (χ3v) is 3.62. The number of anilines is 3. The molecule has 5 nitrogen and oxygen atoms in total. The summed E-state index contributed by atoms with van der Waals surface area (Å²) in [6, 6.07) is 20.1. The first kappa shape index (κ1) is 16.2. The van der Waals surface area contributed by atoms with Gasteiger partial charge >= 0.3 is 0 Å². The van der Waals surface area contributed by atoms with Crippen molar-refractivity contribution in [1.82, 2.24) is 4.98 Å². The number of carbonyl (C=O) groups is 1. The van der Waals surface area contributed by atoms with Crippen LogP contribution in [0.4, 0.5) is 17.2 Å². The molecule has 0 bridgehead atoms. The number of nitrogens with one attached hydrogen (secondary N) is 2. The van der Waals surface area contributed by atoms with Crippen LogP contribution in [0.1, 0.15) is 21.5 Å². The van der Waals surface area contributed by atoms with Gasteiger partial charge in [-0.15, -0.1) is 0 Å². The quantitative estimate of drug-likeness (QED) is 0.750. The molecule has 1 aromatic heterocycles. The summed E-state index contributed by atoms with van der Waals surface area (Å²) in [6.07, 6.45) is 1.64. The number of pyridine rings is 1. The van der Waals surface area contributed by atoms with Gasteiger partial charge in [-0.05, 0) is 55.5 Å². The van der Waals surface area contributed by atoms with E-state index in [4.69, 9.17) is 5.26 Å². The normalized spacial score (nSPS) is 9.92. The van der Waals surface area contributed by atoms with Crippen molar-refractivity contribution in [2.45, 2.75) is 6.92 Å². The van der Waals surface area contributed by atoms with E-state index in [1.54, 1.807) is 36.5 Å². The summed E-state index contributed by atoms with van der Waals surface area (Å²) >= 11 is 0. The highest BCUT2D eigenvalue weighted by Crippen LogP contribution is 2.18. The highest BCUT2D eigenvalue weighted by atomic mass is 16.1. The van der Waals surface area contributed by atoms with Crippen molar-refractivity contribution in [2.75, 3.05) is 10.6 Å². The van der Waals surface area contributed by atoms with Gasteiger partial charge in [0.15, 0.2) is 0 Å². The number of nitrogens with zero attached hydrogens (tertiary/aromatic N) is 2. The molecule has 0 saturated heterocycles. The molecule has 0 saturated carbocycles. The van der Waals surface area contributed by atoms with Crippen LogP contribution in [0.25, 0.3) is 0 Å². The van der Waals surface area contributed by atoms with E-state index in [1.807, 2.05) is 37.3 Å². The van der Waals surface area contributed by atoms with E-state index in [0.29, 0.717) is 16.9 Å². The van der Waals surface area contributed by atoms with Crippen molar-refractivity contribution in [3.05, 3.63) is 83.6 Å². The number of hydrogen-bond acceptors (Lipinski definition) is 4. The number of aryl methyl sites for hydroxylation is 1. The predicted octanol–water partition coefficient (Wildman–Crippen LogP) is 4.26. The molecule has 1 heterocycles. The summed E-state index contributed by atoms with van der Waals surface area (Å²) in [5, 5.41) is 14.8. The van der Waals surface area contributed by atoms with Crippen LogP contribution in [0.2, 0.25) is 0 Å². The van der Waals surface area contributed by atoms with Gasteiger partial charge < -0.3 is 10.6 Å². The van der Waals surface area contributed by atoms with E-state index >= 15 is 0 Å². The molecule has 2 aromatic carbocycles. The van der Waals surface area contributed by atoms with Crippen LogP contribution in [-0.4, -0.2) is 10.9 Å². The number of carbonyl (C=O) groups excluding carboxylic acids is 1. The van der Waals surface area contributed by atoms with Crippen molar-refractivity contribution < 1.29 is 4.79 Å². The Morgan fingerprint density at radius 1 is 0.960 bits per heavy atom. The molecule has 25 heavy (non-hydrogen) atoms. The molecule has 0 aliphatic heterocycles. The van der Waals surface area contributed by atoms with Gasteiger partial charge in [0.25, 0.3) is 5.91 Å². The lowest BCUT2D eigenvalue weighted by molar-refractivity contribution is 0.102. The maximum Gasteiger partial charge on any atom is 0.256 e. The van der Waals surface area contributed by atoms with E-state index in [-0.39, 0.29) is 5.91 Å². The fraction of sp³-hybridized carbons (Fsp3) is 0.0500. The Morgan fingerprint density at radius 2 is 1.64 bits per heavy atom. The van der Waals surface area contributed by atoms with Gasteiger partial charge in [-0.25, -0.2) is 4.98 Å². The Kier molecular flexibility index (Phi) is 4.72. The number of hydrogen-bond donors (Lipinski definition) is 2. The number of amides is 1. The van der Waals surface area contributed by atoms with Crippen LogP contribution in [-0.2, 0) is 0 Å². The van der Waals surface area contributed by atoms with Crippen LogP contribution in [0, 0.1) is 18.3 Å². The van der Waals surface area contributed by atoms with Crippen LogP contribution in [0.3, 0.4) is 0 Å². The summed E-state index contributed by atoms with van der Waals surface area (Å²) in [5.41, 5.74) is 3.95. The molecule has 0 atom stereocenters. The molecule has 0 fully saturated rings. The molecule has 1 amide bonds. The monoisotopic (exact) mass is 328 g/mol. The third-order valence-electron chi connectivity index (χ3n) is 3.62. The molecule has 0 spiro atoms. The number of rotatable bonds is 4. The van der Waals surface area contributed by atoms with Gasteiger partial charge in [0.2, 0.25) is 0 Å². The average Bonchev–Trinajstić information content (AvgIpc) is 2.64. The second kappa shape index (κ2) is 7.28. The van der Waals surface area contributed by atoms with Crippen LogP contribution >= 0.6 is 0 Å². The van der Waals surface area contributed by atoms with Gasteiger partial charge in [-0.2, -0.15) is 5.26 Å². The van der Waals surface area contributed by atoms with Crippen LogP contribution in [0.5, 0.6) is 0 Å². The maximum absolute atomic E-state index is 12.2. The second-order valence-corrected chi connectivity index (χ2v) is 5.57. The lowest BCUT2D eigenvalue weighted by Gasteiger charge is -2.08. The van der Waals surface area contributed by atoms with Crippen molar-refractivity contribution in [3.8, 4) is 6.07 Å². The molecule has 122 valence electrons. The molecule has 2 N–H and O–H groups in total. The molecule has 3 rings (SSSR count). The van der Waals surface area contributed by atoms with Crippen molar-refractivity contribution in [3.63, 3.8) is 0 Å². The Morgan fingerprint density at radius 3 is 2.24 bits per heavy atom. The second-order valence-electron chi connectivity index (χ2n) is 5.57. The zero-order valence-electron chi connectivity index (χ0n) is 13.7. The van der Waals surface area contributed by atoms with Gasteiger partial charge in [-0.1, -0.05) is 17.7 Å². The van der Waals surface area contributed by atoms with Crippen LogP contribution in [0.15, 0.2) is 66.9 Å². The molecule has 0 radical (unpaired) electrons. The lowest BCUT2D eigenvalue weighted by Crippen LogP contribution is -2.12. The number of nitriles is 1. The predicted molar refractivity (Wildman–Crippen MR) is 97.8 cm³/mol. The first-order valence-electron chi connectivity index (χ1n) is 7.75. The number of benzene rings is 2. The maximum atomic E-state index is 12.2. The Balaban J connectivity index is 1.64. The fourth-order valence-electron chi connectivity index (χ4n) is 2.23. The lowest BCUT2D eigenvalue weighted by atomic mass is 10.1. The zero-order chi connectivity index (χ0) is 17.6. The minimum atomic E-state index is -0.194. The number of aromatic nitrogens is 1. The summed E-state index contributed by atoms with van der Waals surface area (Å²) in [7, 11) is 0. The standard InChI is InChI=1S/C20H16N4O/c1-14-2-6-16(7-3-14)20(25)24-19-11-10-18(13-22-19)23-17-8-4-15(12-21)5-9-17/h2-11,13,23H,1H3,(H,22,24,25). The molecular formula is C20H16N4O. The third kappa shape index (κ3) is 4.21. The zero-order valence-corrected chi connectivity index (χ0v) is 13.7. The highest BCUT2D eigenvalue weighted by Gasteiger charge is 2.06. The van der Waals surface area contributed by atoms with E-state index < -0.39 is 0 Å². The smallest absolute Gasteiger partial charge is 0.256 e. The molecule has 0 aliphatic rings.